The second-order valence-electron chi connectivity index (χ2n) is 4.75. The third-order valence-electron chi connectivity index (χ3n) is 2.94. The average Bonchev–Trinajstić information content (AvgIpc) is 2.77. The van der Waals surface area contributed by atoms with E-state index in [9.17, 15) is 13.2 Å². The molecule has 112 valence electrons. The fourth-order valence-electron chi connectivity index (χ4n) is 1.99. The molecule has 0 bridgehead atoms. The number of carbonyl (C=O) groups excluding carboxylic acids is 1. The lowest BCUT2D eigenvalue weighted by Crippen LogP contribution is -2.32. The first-order valence-corrected chi connectivity index (χ1v) is 8.18. The summed E-state index contributed by atoms with van der Waals surface area (Å²) in [5, 5.41) is 0. The van der Waals surface area contributed by atoms with Crippen molar-refractivity contribution in [2.75, 3.05) is 12.9 Å². The predicted octanol–water partition coefficient (Wildman–Crippen LogP) is 0.472. The van der Waals surface area contributed by atoms with Crippen LogP contribution in [-0.4, -0.2) is 53.3 Å². The Morgan fingerprint density at radius 2 is 2.05 bits per heavy atom. The van der Waals surface area contributed by atoms with E-state index in [0.717, 1.165) is 6.26 Å². The summed E-state index contributed by atoms with van der Waals surface area (Å²) < 4.78 is 37.3. The van der Waals surface area contributed by atoms with Crippen LogP contribution in [0.3, 0.4) is 0 Å². The number of carbonyl (C=O) groups is 1. The van der Waals surface area contributed by atoms with E-state index in [0.29, 0.717) is 5.56 Å². The highest BCUT2D eigenvalue weighted by Crippen LogP contribution is 2.23. The summed E-state index contributed by atoms with van der Waals surface area (Å²) >= 11 is 0. The second-order valence-corrected chi connectivity index (χ2v) is 6.39. The Labute approximate surface area is 124 Å². The van der Waals surface area contributed by atoms with Crippen LogP contribution in [0.15, 0.2) is 30.3 Å². The predicted molar refractivity (Wildman–Crippen MR) is 75.5 cm³/mol. The topological polar surface area (TPSA) is 78.9 Å². The fraction of sp³-hybridized carbons (Fsp3) is 0.462. The van der Waals surface area contributed by atoms with Crippen molar-refractivity contribution in [2.45, 2.75) is 24.6 Å². The summed E-state index contributed by atoms with van der Waals surface area (Å²) in [7, 11) is 2.06. The van der Waals surface area contributed by atoms with Gasteiger partial charge in [-0.2, -0.15) is 8.42 Å². The van der Waals surface area contributed by atoms with Gasteiger partial charge in [0.15, 0.2) is 0 Å². The van der Waals surface area contributed by atoms with E-state index in [1.165, 1.54) is 0 Å². The SMILES string of the molecule is [B][C@H]1CC(OC(=O)c2ccccc2)[C@@H](COS(C)(=O)=O)O1. The minimum Gasteiger partial charge on any atom is -0.456 e. The molecule has 1 aliphatic heterocycles. The van der Waals surface area contributed by atoms with Crippen LogP contribution in [0.5, 0.6) is 0 Å². The third kappa shape index (κ3) is 4.84. The van der Waals surface area contributed by atoms with E-state index in [1.54, 1.807) is 30.3 Å². The van der Waals surface area contributed by atoms with Gasteiger partial charge in [0.2, 0.25) is 0 Å². The van der Waals surface area contributed by atoms with Gasteiger partial charge in [0.1, 0.15) is 20.1 Å². The number of esters is 1. The lowest BCUT2D eigenvalue weighted by Gasteiger charge is -2.18. The summed E-state index contributed by atoms with van der Waals surface area (Å²) in [6, 6.07) is 7.86. The van der Waals surface area contributed by atoms with Crippen LogP contribution in [0.2, 0.25) is 0 Å². The van der Waals surface area contributed by atoms with Crippen LogP contribution in [0, 0.1) is 0 Å². The van der Waals surface area contributed by atoms with Crippen LogP contribution in [-0.2, 0) is 23.8 Å². The smallest absolute Gasteiger partial charge is 0.338 e. The molecule has 0 N–H and O–H groups in total. The molecule has 1 aromatic rings. The van der Waals surface area contributed by atoms with Crippen molar-refractivity contribution in [3.8, 4) is 0 Å². The number of rotatable bonds is 5. The summed E-state index contributed by atoms with van der Waals surface area (Å²) in [4.78, 5) is 12.0. The first-order chi connectivity index (χ1) is 9.85. The lowest BCUT2D eigenvalue weighted by molar-refractivity contribution is -0.0178. The number of ether oxygens (including phenoxy) is 2. The number of hydrogen-bond donors (Lipinski definition) is 0. The summed E-state index contributed by atoms with van der Waals surface area (Å²) in [5.74, 6) is -0.511. The van der Waals surface area contributed by atoms with Crippen LogP contribution in [0.25, 0.3) is 0 Å². The number of hydrogen-bond acceptors (Lipinski definition) is 6. The lowest BCUT2D eigenvalue weighted by atomic mass is 9.96. The Morgan fingerprint density at radius 3 is 2.67 bits per heavy atom. The maximum atomic E-state index is 12.0. The third-order valence-corrected chi connectivity index (χ3v) is 3.51. The van der Waals surface area contributed by atoms with Crippen molar-refractivity contribution in [1.82, 2.24) is 0 Å². The maximum Gasteiger partial charge on any atom is 0.338 e. The standard InChI is InChI=1S/C13H15BO6S/c1-21(16,17)18-8-11-10(7-12(14)19-11)20-13(15)9-5-3-2-4-6-9/h2-6,10-12H,7-8H2,1H3/t10?,11-,12-/m1/s1. The molecule has 0 amide bonds. The highest BCUT2D eigenvalue weighted by molar-refractivity contribution is 7.85. The van der Waals surface area contributed by atoms with Crippen molar-refractivity contribution < 1.29 is 26.9 Å². The van der Waals surface area contributed by atoms with Gasteiger partial charge in [-0.3, -0.25) is 4.18 Å². The van der Waals surface area contributed by atoms with Crippen LogP contribution >= 0.6 is 0 Å². The highest BCUT2D eigenvalue weighted by Gasteiger charge is 2.36. The molecule has 0 aromatic heterocycles. The van der Waals surface area contributed by atoms with E-state index in [1.807, 2.05) is 0 Å². The van der Waals surface area contributed by atoms with Crippen molar-refractivity contribution in [1.29, 1.82) is 0 Å². The van der Waals surface area contributed by atoms with Gasteiger partial charge in [-0.1, -0.05) is 18.2 Å². The fourth-order valence-corrected chi connectivity index (χ4v) is 2.37. The van der Waals surface area contributed by atoms with Gasteiger partial charge in [0, 0.05) is 12.4 Å². The average molecular weight is 310 g/mol. The maximum absolute atomic E-state index is 12.0. The van der Waals surface area contributed by atoms with E-state index >= 15 is 0 Å². The molecule has 1 heterocycles. The van der Waals surface area contributed by atoms with Gasteiger partial charge in [0.25, 0.3) is 10.1 Å². The summed E-state index contributed by atoms with van der Waals surface area (Å²) in [6.45, 7) is -0.237. The molecular formula is C13H15BO6S. The Hall–Kier alpha value is -1.38. The minimum absolute atomic E-state index is 0.237. The molecule has 1 saturated heterocycles. The molecule has 1 aromatic carbocycles. The van der Waals surface area contributed by atoms with Gasteiger partial charge in [-0.25, -0.2) is 4.79 Å². The quantitative estimate of drug-likeness (QED) is 0.447. The van der Waals surface area contributed by atoms with Crippen LogP contribution in [0.1, 0.15) is 16.8 Å². The van der Waals surface area contributed by atoms with Gasteiger partial charge in [0.05, 0.1) is 18.4 Å². The van der Waals surface area contributed by atoms with Crippen molar-refractivity contribution in [2.24, 2.45) is 0 Å². The first kappa shape index (κ1) is 16.0. The van der Waals surface area contributed by atoms with Gasteiger partial charge in [-0.05, 0) is 12.1 Å². The van der Waals surface area contributed by atoms with Gasteiger partial charge in [-0.15, -0.1) is 0 Å². The van der Waals surface area contributed by atoms with Crippen molar-refractivity contribution in [3.63, 3.8) is 0 Å². The highest BCUT2D eigenvalue weighted by atomic mass is 32.2. The van der Waals surface area contributed by atoms with E-state index in [4.69, 9.17) is 17.3 Å². The monoisotopic (exact) mass is 310 g/mol. The van der Waals surface area contributed by atoms with E-state index < -0.39 is 34.3 Å². The van der Waals surface area contributed by atoms with Gasteiger partial charge >= 0.3 is 5.97 Å². The molecule has 6 nitrogen and oxygen atoms in total. The Bertz CT molecular complexity index is 588. The molecule has 1 aliphatic rings. The molecule has 0 aliphatic carbocycles. The van der Waals surface area contributed by atoms with E-state index in [2.05, 4.69) is 4.18 Å². The Morgan fingerprint density at radius 1 is 1.38 bits per heavy atom. The zero-order valence-electron chi connectivity index (χ0n) is 11.5. The summed E-state index contributed by atoms with van der Waals surface area (Å²) in [6.07, 6.45) is -0.125. The minimum atomic E-state index is -3.59. The molecule has 0 spiro atoms. The van der Waals surface area contributed by atoms with Crippen molar-refractivity contribution >= 4 is 23.9 Å². The van der Waals surface area contributed by atoms with Crippen LogP contribution < -0.4 is 0 Å². The first-order valence-electron chi connectivity index (χ1n) is 6.36. The normalized spacial score (nSPS) is 25.7. The zero-order chi connectivity index (χ0) is 15.5. The molecule has 21 heavy (non-hydrogen) atoms. The molecule has 8 heteroatoms. The van der Waals surface area contributed by atoms with Crippen LogP contribution in [0.4, 0.5) is 0 Å². The second kappa shape index (κ2) is 6.59. The van der Waals surface area contributed by atoms with Crippen molar-refractivity contribution in [3.05, 3.63) is 35.9 Å². The van der Waals surface area contributed by atoms with E-state index in [-0.39, 0.29) is 13.0 Å². The Kier molecular flexibility index (Phi) is 5.02. The molecule has 1 unspecified atom stereocenters. The molecule has 1 fully saturated rings. The zero-order valence-corrected chi connectivity index (χ0v) is 12.3. The molecule has 2 rings (SSSR count). The number of benzene rings is 1. The largest absolute Gasteiger partial charge is 0.456 e. The van der Waals surface area contributed by atoms with Gasteiger partial charge < -0.3 is 9.47 Å². The molecule has 2 radical (unpaired) electrons. The molecule has 3 atom stereocenters. The summed E-state index contributed by atoms with van der Waals surface area (Å²) in [5.41, 5.74) is 0.403. The molecule has 0 saturated carbocycles. The Balaban J connectivity index is 1.98. The molecular weight excluding hydrogens is 295 g/mol.